The predicted molar refractivity (Wildman–Crippen MR) is 140 cm³/mol. The molecule has 9 nitrogen and oxygen atoms in total. The van der Waals surface area contributed by atoms with Crippen LogP contribution in [0.4, 0.5) is 10.1 Å². The van der Waals surface area contributed by atoms with E-state index in [9.17, 15) is 14.0 Å². The quantitative estimate of drug-likeness (QED) is 0.450. The maximum Gasteiger partial charge on any atom is 0.313 e. The second-order valence-electron chi connectivity index (χ2n) is 9.51. The number of carbonyl (C=O) groups excluding carboxylic acids is 2. The summed E-state index contributed by atoms with van der Waals surface area (Å²) < 4.78 is 32.6. The lowest BCUT2D eigenvalue weighted by Crippen LogP contribution is -2.37. The highest BCUT2D eigenvalue weighted by atomic mass is 19.1. The van der Waals surface area contributed by atoms with Crippen molar-refractivity contribution in [1.82, 2.24) is 15.2 Å². The number of carbonyl (C=O) groups is 2. The van der Waals surface area contributed by atoms with Gasteiger partial charge in [0, 0.05) is 36.4 Å². The van der Waals surface area contributed by atoms with Crippen LogP contribution in [-0.2, 0) is 9.59 Å². The van der Waals surface area contributed by atoms with Gasteiger partial charge in [0.15, 0.2) is 23.1 Å². The number of hydrogen-bond acceptors (Lipinski definition) is 7. The summed E-state index contributed by atoms with van der Waals surface area (Å²) in [5.41, 5.74) is 0.710. The summed E-state index contributed by atoms with van der Waals surface area (Å²) in [5.74, 6) is -0.167. The van der Waals surface area contributed by atoms with Crippen LogP contribution in [-0.4, -0.2) is 61.6 Å². The molecule has 1 aromatic heterocycles. The zero-order chi connectivity index (χ0) is 26.5. The summed E-state index contributed by atoms with van der Waals surface area (Å²) in [5, 5.41) is 6.45. The number of anilines is 1. The number of halogens is 1. The molecule has 0 spiro atoms. The monoisotopic (exact) mass is 522 g/mol. The van der Waals surface area contributed by atoms with E-state index in [0.29, 0.717) is 53.8 Å². The molecule has 3 heterocycles. The number of aromatic nitrogens is 1. The van der Waals surface area contributed by atoms with Crippen molar-refractivity contribution in [1.29, 1.82) is 0 Å². The summed E-state index contributed by atoms with van der Waals surface area (Å²) >= 11 is 0. The number of fused-ring (bicyclic) bond motifs is 1. The minimum Gasteiger partial charge on any atom is -0.491 e. The van der Waals surface area contributed by atoms with E-state index in [2.05, 4.69) is 15.6 Å². The Morgan fingerprint density at radius 3 is 2.58 bits per heavy atom. The topological polar surface area (TPSA) is 102 Å². The highest BCUT2D eigenvalue weighted by Crippen LogP contribution is 2.40. The Morgan fingerprint density at radius 1 is 1.08 bits per heavy atom. The van der Waals surface area contributed by atoms with Crippen molar-refractivity contribution in [3.8, 4) is 23.0 Å². The molecule has 2 amide bonds. The first kappa shape index (κ1) is 25.7. The van der Waals surface area contributed by atoms with Gasteiger partial charge in [-0.2, -0.15) is 0 Å². The lowest BCUT2D eigenvalue weighted by Gasteiger charge is -2.23. The van der Waals surface area contributed by atoms with Gasteiger partial charge < -0.3 is 29.7 Å². The standard InChI is InChI=1S/C28H31FN4O5/c1-36-26-24(37-17-18-8-11-30-12-9-18)7-5-20-22(10-13-31-25(20)26)38-23-6-4-19(16-21(23)29)32-27(34)28(35)33-14-2-3-15-33/h4-7,10,13,16,18,30H,2-3,8-9,11-12,14-15,17H2,1H3,(H,32,34). The average molecular weight is 523 g/mol. The van der Waals surface area contributed by atoms with Crippen molar-refractivity contribution in [2.75, 3.05) is 45.2 Å². The third kappa shape index (κ3) is 5.65. The Morgan fingerprint density at radius 2 is 1.84 bits per heavy atom. The molecular formula is C28H31FN4O5. The van der Waals surface area contributed by atoms with Gasteiger partial charge in [0.05, 0.1) is 13.7 Å². The molecule has 2 aliphatic rings. The number of nitrogens with one attached hydrogen (secondary N) is 2. The van der Waals surface area contributed by atoms with Crippen LogP contribution in [0.3, 0.4) is 0 Å². The molecule has 5 rings (SSSR count). The van der Waals surface area contributed by atoms with E-state index in [1.807, 2.05) is 12.1 Å². The maximum atomic E-state index is 14.9. The van der Waals surface area contributed by atoms with E-state index in [4.69, 9.17) is 14.2 Å². The van der Waals surface area contributed by atoms with Crippen LogP contribution in [0.25, 0.3) is 10.9 Å². The first-order valence-corrected chi connectivity index (χ1v) is 12.9. The normalized spacial score (nSPS) is 15.9. The predicted octanol–water partition coefficient (Wildman–Crippen LogP) is 4.11. The molecular weight excluding hydrogens is 491 g/mol. The van der Waals surface area contributed by atoms with Gasteiger partial charge in [-0.15, -0.1) is 0 Å². The molecule has 10 heteroatoms. The van der Waals surface area contributed by atoms with Gasteiger partial charge in [-0.05, 0) is 75.0 Å². The molecule has 0 aliphatic carbocycles. The highest BCUT2D eigenvalue weighted by molar-refractivity contribution is 6.39. The summed E-state index contributed by atoms with van der Waals surface area (Å²) in [6, 6.07) is 9.29. The summed E-state index contributed by atoms with van der Waals surface area (Å²) in [6.07, 6.45) is 5.45. The summed E-state index contributed by atoms with van der Waals surface area (Å²) in [6.45, 7) is 3.70. The number of ether oxygens (including phenoxy) is 3. The smallest absolute Gasteiger partial charge is 0.313 e. The molecule has 0 saturated carbocycles. The van der Waals surface area contributed by atoms with E-state index in [1.165, 1.54) is 17.0 Å². The molecule has 2 saturated heterocycles. The lowest BCUT2D eigenvalue weighted by atomic mass is 9.99. The number of nitrogens with zero attached hydrogens (tertiary/aromatic N) is 2. The number of amides is 2. The van der Waals surface area contributed by atoms with E-state index in [1.54, 1.807) is 19.4 Å². The van der Waals surface area contributed by atoms with E-state index >= 15 is 0 Å². The van der Waals surface area contributed by atoms with Crippen LogP contribution in [0.15, 0.2) is 42.6 Å². The van der Waals surface area contributed by atoms with Crippen molar-refractivity contribution in [3.63, 3.8) is 0 Å². The summed E-state index contributed by atoms with van der Waals surface area (Å²) in [4.78, 5) is 30.5. The zero-order valence-corrected chi connectivity index (χ0v) is 21.3. The van der Waals surface area contributed by atoms with Crippen molar-refractivity contribution < 1.29 is 28.2 Å². The van der Waals surface area contributed by atoms with Crippen molar-refractivity contribution in [2.45, 2.75) is 25.7 Å². The fraction of sp³-hybridized carbons (Fsp3) is 0.393. The van der Waals surface area contributed by atoms with E-state index in [0.717, 1.165) is 44.8 Å². The molecule has 0 bridgehead atoms. The van der Waals surface area contributed by atoms with Gasteiger partial charge >= 0.3 is 11.8 Å². The second-order valence-corrected chi connectivity index (χ2v) is 9.51. The Labute approximate surface area is 220 Å². The van der Waals surface area contributed by atoms with E-state index < -0.39 is 17.6 Å². The zero-order valence-electron chi connectivity index (χ0n) is 21.3. The Balaban J connectivity index is 1.31. The van der Waals surface area contributed by atoms with Gasteiger partial charge in [0.25, 0.3) is 0 Å². The number of piperidine rings is 1. The molecule has 2 aliphatic heterocycles. The van der Waals surface area contributed by atoms with Crippen molar-refractivity contribution in [2.24, 2.45) is 5.92 Å². The van der Waals surface area contributed by atoms with Gasteiger partial charge in [-0.25, -0.2) is 4.39 Å². The minimum absolute atomic E-state index is 0.0356. The third-order valence-electron chi connectivity index (χ3n) is 6.92. The average Bonchev–Trinajstić information content (AvgIpc) is 3.48. The minimum atomic E-state index is -0.787. The SMILES string of the molecule is COc1c(OCC2CCNCC2)ccc2c(Oc3ccc(NC(=O)C(=O)N4CCCC4)cc3F)ccnc12. The molecule has 0 unspecified atom stereocenters. The molecule has 2 aromatic carbocycles. The van der Waals surface area contributed by atoms with Gasteiger partial charge in [-0.3, -0.25) is 14.6 Å². The van der Waals surface area contributed by atoms with Crippen molar-refractivity contribution >= 4 is 28.4 Å². The highest BCUT2D eigenvalue weighted by Gasteiger charge is 2.25. The van der Waals surface area contributed by atoms with Crippen molar-refractivity contribution in [3.05, 3.63) is 48.4 Å². The molecule has 3 aromatic rings. The first-order chi connectivity index (χ1) is 18.5. The van der Waals surface area contributed by atoms with Crippen LogP contribution in [0.2, 0.25) is 0 Å². The van der Waals surface area contributed by atoms with Gasteiger partial charge in [0.1, 0.15) is 11.3 Å². The number of hydrogen-bond donors (Lipinski definition) is 2. The van der Waals surface area contributed by atoms with Crippen LogP contribution in [0.5, 0.6) is 23.0 Å². The molecule has 2 fully saturated rings. The van der Waals surface area contributed by atoms with Gasteiger partial charge in [-0.1, -0.05) is 0 Å². The Bertz CT molecular complexity index is 1320. The lowest BCUT2D eigenvalue weighted by molar-refractivity contribution is -0.142. The van der Waals surface area contributed by atoms with Crippen LogP contribution in [0.1, 0.15) is 25.7 Å². The molecule has 0 radical (unpaired) electrons. The Kier molecular flexibility index (Phi) is 7.88. The Hall–Kier alpha value is -3.92. The molecule has 38 heavy (non-hydrogen) atoms. The van der Waals surface area contributed by atoms with Crippen LogP contribution >= 0.6 is 0 Å². The first-order valence-electron chi connectivity index (χ1n) is 12.9. The summed E-state index contributed by atoms with van der Waals surface area (Å²) in [7, 11) is 1.56. The second kappa shape index (κ2) is 11.6. The number of rotatable bonds is 7. The number of likely N-dealkylation sites (tertiary alicyclic amines) is 1. The van der Waals surface area contributed by atoms with E-state index in [-0.39, 0.29) is 11.4 Å². The van der Waals surface area contributed by atoms with Crippen LogP contribution in [0, 0.1) is 11.7 Å². The fourth-order valence-corrected chi connectivity index (χ4v) is 4.83. The molecule has 0 atom stereocenters. The largest absolute Gasteiger partial charge is 0.491 e. The molecule has 2 N–H and O–H groups in total. The fourth-order valence-electron chi connectivity index (χ4n) is 4.83. The van der Waals surface area contributed by atoms with Gasteiger partial charge in [0.2, 0.25) is 0 Å². The maximum absolute atomic E-state index is 14.9. The number of pyridine rings is 1. The number of benzene rings is 2. The third-order valence-corrected chi connectivity index (χ3v) is 6.92. The van der Waals surface area contributed by atoms with Crippen LogP contribution < -0.4 is 24.8 Å². The number of methoxy groups -OCH3 is 1. The molecule has 200 valence electrons.